The summed E-state index contributed by atoms with van der Waals surface area (Å²) in [5.74, 6) is 0.0143. The Labute approximate surface area is 123 Å². The number of hydrogen-bond donors (Lipinski definition) is 1. The first-order valence-corrected chi connectivity index (χ1v) is 7.45. The highest BCUT2D eigenvalue weighted by molar-refractivity contribution is 5.83. The Morgan fingerprint density at radius 1 is 1.38 bits per heavy atom. The number of rotatable bonds is 6. The number of likely N-dealkylation sites (tertiary alicyclic amines) is 1. The lowest BCUT2D eigenvalue weighted by Crippen LogP contribution is -2.48. The van der Waals surface area contributed by atoms with Gasteiger partial charge in [-0.2, -0.15) is 4.98 Å². The van der Waals surface area contributed by atoms with Gasteiger partial charge in [0.25, 0.3) is 0 Å². The fourth-order valence-electron chi connectivity index (χ4n) is 2.56. The van der Waals surface area contributed by atoms with Gasteiger partial charge in [0, 0.05) is 25.8 Å². The van der Waals surface area contributed by atoms with Crippen molar-refractivity contribution in [1.82, 2.24) is 15.0 Å². The molecule has 1 atom stereocenters. The monoisotopic (exact) mass is 295 g/mol. The zero-order valence-electron chi connectivity index (χ0n) is 12.2. The van der Waals surface area contributed by atoms with Crippen molar-refractivity contribution in [1.29, 1.82) is 0 Å². The van der Waals surface area contributed by atoms with Crippen LogP contribution in [-0.4, -0.2) is 44.6 Å². The summed E-state index contributed by atoms with van der Waals surface area (Å²) in [5, 5.41) is 13.0. The summed E-state index contributed by atoms with van der Waals surface area (Å²) in [6.45, 7) is 2.54. The molecule has 1 aliphatic heterocycles. The predicted molar refractivity (Wildman–Crippen MR) is 73.6 cm³/mol. The SMILES string of the molecule is CCCc1noc(CCC(=O)N2CCCCC2C(=O)O)n1. The molecule has 1 N–H and O–H groups in total. The highest BCUT2D eigenvalue weighted by atomic mass is 16.5. The largest absolute Gasteiger partial charge is 0.480 e. The summed E-state index contributed by atoms with van der Waals surface area (Å²) < 4.78 is 5.08. The van der Waals surface area contributed by atoms with Crippen molar-refractivity contribution in [3.8, 4) is 0 Å². The molecule has 1 aromatic heterocycles. The van der Waals surface area contributed by atoms with Crippen LogP contribution in [0.3, 0.4) is 0 Å². The first-order chi connectivity index (χ1) is 10.1. The van der Waals surface area contributed by atoms with E-state index in [4.69, 9.17) is 4.52 Å². The van der Waals surface area contributed by atoms with E-state index in [0.29, 0.717) is 31.1 Å². The molecule has 1 aromatic rings. The minimum atomic E-state index is -0.925. The summed E-state index contributed by atoms with van der Waals surface area (Å²) in [6, 6.07) is -0.690. The summed E-state index contributed by atoms with van der Waals surface area (Å²) in [5.41, 5.74) is 0. The highest BCUT2D eigenvalue weighted by Gasteiger charge is 2.31. The van der Waals surface area contributed by atoms with Crippen molar-refractivity contribution >= 4 is 11.9 Å². The maximum atomic E-state index is 12.2. The van der Waals surface area contributed by atoms with Gasteiger partial charge in [0.05, 0.1) is 0 Å². The molecular weight excluding hydrogens is 274 g/mol. The molecule has 21 heavy (non-hydrogen) atoms. The van der Waals surface area contributed by atoms with Gasteiger partial charge in [-0.3, -0.25) is 4.79 Å². The Morgan fingerprint density at radius 3 is 2.90 bits per heavy atom. The van der Waals surface area contributed by atoms with E-state index >= 15 is 0 Å². The number of aliphatic carboxylic acids is 1. The van der Waals surface area contributed by atoms with Crippen LogP contribution in [0.4, 0.5) is 0 Å². The van der Waals surface area contributed by atoms with Crippen LogP contribution < -0.4 is 0 Å². The zero-order chi connectivity index (χ0) is 15.2. The van der Waals surface area contributed by atoms with Gasteiger partial charge in [0.1, 0.15) is 6.04 Å². The molecule has 2 rings (SSSR count). The van der Waals surface area contributed by atoms with Crippen molar-refractivity contribution < 1.29 is 19.2 Å². The number of piperidine rings is 1. The third-order valence-electron chi connectivity index (χ3n) is 3.64. The molecule has 0 radical (unpaired) electrons. The van der Waals surface area contributed by atoms with E-state index in [1.807, 2.05) is 6.92 Å². The lowest BCUT2D eigenvalue weighted by molar-refractivity contribution is -0.152. The van der Waals surface area contributed by atoms with Crippen LogP contribution in [0.1, 0.15) is 50.7 Å². The molecule has 1 aliphatic rings. The van der Waals surface area contributed by atoms with Crippen molar-refractivity contribution in [2.24, 2.45) is 0 Å². The van der Waals surface area contributed by atoms with E-state index in [-0.39, 0.29) is 12.3 Å². The number of carboxylic acid groups (broad SMARTS) is 1. The van der Waals surface area contributed by atoms with Crippen molar-refractivity contribution in [3.05, 3.63) is 11.7 Å². The molecule has 0 aliphatic carbocycles. The van der Waals surface area contributed by atoms with Crippen molar-refractivity contribution in [3.63, 3.8) is 0 Å². The molecule has 0 aromatic carbocycles. The molecule has 1 saturated heterocycles. The number of hydrogen-bond acceptors (Lipinski definition) is 5. The van der Waals surface area contributed by atoms with Gasteiger partial charge in [-0.1, -0.05) is 12.1 Å². The Balaban J connectivity index is 1.89. The quantitative estimate of drug-likeness (QED) is 0.852. The van der Waals surface area contributed by atoms with E-state index in [2.05, 4.69) is 10.1 Å². The molecule has 0 bridgehead atoms. The van der Waals surface area contributed by atoms with Crippen LogP contribution in [0.5, 0.6) is 0 Å². The second-order valence-corrected chi connectivity index (χ2v) is 5.29. The number of carbonyl (C=O) groups excluding carboxylic acids is 1. The normalized spacial score (nSPS) is 18.7. The standard InChI is InChI=1S/C14H21N3O4/c1-2-5-11-15-12(21-16-11)7-8-13(18)17-9-4-3-6-10(17)14(19)20/h10H,2-9H2,1H3,(H,19,20). The van der Waals surface area contributed by atoms with Gasteiger partial charge in [-0.05, 0) is 25.7 Å². The molecule has 0 saturated carbocycles. The van der Waals surface area contributed by atoms with Gasteiger partial charge < -0.3 is 14.5 Å². The Morgan fingerprint density at radius 2 is 2.19 bits per heavy atom. The average Bonchev–Trinajstić information content (AvgIpc) is 2.93. The van der Waals surface area contributed by atoms with Crippen LogP contribution >= 0.6 is 0 Å². The number of aromatic nitrogens is 2. The molecule has 7 heteroatoms. The summed E-state index contributed by atoms with van der Waals surface area (Å²) in [4.78, 5) is 29.0. The lowest BCUT2D eigenvalue weighted by atomic mass is 10.0. The summed E-state index contributed by atoms with van der Waals surface area (Å²) in [7, 11) is 0. The maximum Gasteiger partial charge on any atom is 0.326 e. The minimum Gasteiger partial charge on any atom is -0.480 e. The van der Waals surface area contributed by atoms with Crippen molar-refractivity contribution in [2.45, 2.75) is 57.9 Å². The van der Waals surface area contributed by atoms with E-state index in [0.717, 1.165) is 25.7 Å². The molecule has 116 valence electrons. The van der Waals surface area contributed by atoms with Gasteiger partial charge in [0.15, 0.2) is 5.82 Å². The Kier molecular flexibility index (Phi) is 5.30. The summed E-state index contributed by atoms with van der Waals surface area (Å²) >= 11 is 0. The number of carbonyl (C=O) groups is 2. The van der Waals surface area contributed by atoms with Gasteiger partial charge in [0.2, 0.25) is 11.8 Å². The molecule has 1 amide bonds. The molecule has 1 fully saturated rings. The molecule has 1 unspecified atom stereocenters. The summed E-state index contributed by atoms with van der Waals surface area (Å²) in [6.07, 6.45) is 4.50. The fraction of sp³-hybridized carbons (Fsp3) is 0.714. The van der Waals surface area contributed by atoms with E-state index in [1.165, 1.54) is 4.90 Å². The first kappa shape index (κ1) is 15.5. The number of amides is 1. The minimum absolute atomic E-state index is 0.155. The zero-order valence-corrected chi connectivity index (χ0v) is 12.2. The van der Waals surface area contributed by atoms with E-state index < -0.39 is 12.0 Å². The van der Waals surface area contributed by atoms with Gasteiger partial charge >= 0.3 is 5.97 Å². The van der Waals surface area contributed by atoms with Crippen molar-refractivity contribution in [2.75, 3.05) is 6.54 Å². The van der Waals surface area contributed by atoms with Crippen LogP contribution in [0, 0.1) is 0 Å². The topological polar surface area (TPSA) is 96.5 Å². The Hall–Kier alpha value is -1.92. The third kappa shape index (κ3) is 4.03. The second-order valence-electron chi connectivity index (χ2n) is 5.29. The van der Waals surface area contributed by atoms with E-state index in [1.54, 1.807) is 0 Å². The average molecular weight is 295 g/mol. The van der Waals surface area contributed by atoms with Crippen LogP contribution in [0.2, 0.25) is 0 Å². The lowest BCUT2D eigenvalue weighted by Gasteiger charge is -2.32. The third-order valence-corrected chi connectivity index (χ3v) is 3.64. The smallest absolute Gasteiger partial charge is 0.326 e. The fourth-order valence-corrected chi connectivity index (χ4v) is 2.56. The van der Waals surface area contributed by atoms with Crippen LogP contribution in [-0.2, 0) is 22.4 Å². The molecular formula is C14H21N3O4. The highest BCUT2D eigenvalue weighted by Crippen LogP contribution is 2.18. The molecule has 2 heterocycles. The van der Waals surface area contributed by atoms with E-state index in [9.17, 15) is 14.7 Å². The van der Waals surface area contributed by atoms with Crippen LogP contribution in [0.15, 0.2) is 4.52 Å². The number of aryl methyl sites for hydroxylation is 2. The maximum absolute atomic E-state index is 12.2. The van der Waals surface area contributed by atoms with Gasteiger partial charge in [-0.25, -0.2) is 4.79 Å². The second kappa shape index (κ2) is 7.19. The number of carboxylic acids is 1. The molecule has 7 nitrogen and oxygen atoms in total. The van der Waals surface area contributed by atoms with Crippen LogP contribution in [0.25, 0.3) is 0 Å². The predicted octanol–water partition coefficient (Wildman–Crippen LogP) is 1.42. The Bertz CT molecular complexity index is 500. The van der Waals surface area contributed by atoms with Gasteiger partial charge in [-0.15, -0.1) is 0 Å². The molecule has 0 spiro atoms. The first-order valence-electron chi connectivity index (χ1n) is 7.45. The number of nitrogens with zero attached hydrogens (tertiary/aromatic N) is 3.